The highest BCUT2D eigenvalue weighted by Gasteiger charge is 2.06. The molecule has 90 valence electrons. The van der Waals surface area contributed by atoms with Crippen molar-refractivity contribution in [3.05, 3.63) is 23.2 Å². The van der Waals surface area contributed by atoms with E-state index in [1.165, 1.54) is 23.1 Å². The predicted octanol–water partition coefficient (Wildman–Crippen LogP) is 3.14. The Kier molecular flexibility index (Phi) is 4.09. The van der Waals surface area contributed by atoms with Crippen LogP contribution < -0.4 is 5.32 Å². The molecule has 0 saturated carbocycles. The molecule has 0 unspecified atom stereocenters. The third-order valence-electron chi connectivity index (χ3n) is 1.92. The molecule has 0 fully saturated rings. The van der Waals surface area contributed by atoms with E-state index in [1.54, 1.807) is 6.07 Å². The molecule has 1 aromatic heterocycles. The van der Waals surface area contributed by atoms with Crippen molar-refractivity contribution in [2.24, 2.45) is 0 Å². The lowest BCUT2D eigenvalue weighted by Crippen LogP contribution is -2.03. The second kappa shape index (κ2) is 5.57. The van der Waals surface area contributed by atoms with Crippen LogP contribution in [0.25, 0.3) is 10.2 Å². The predicted molar refractivity (Wildman–Crippen MR) is 73.2 cm³/mol. The fraction of sp³-hybridized carbons (Fsp3) is 0.200. The number of aliphatic carboxylic acids is 1. The second-order valence-corrected chi connectivity index (χ2v) is 5.59. The van der Waals surface area contributed by atoms with Crippen LogP contribution in [-0.4, -0.2) is 27.7 Å². The number of halogens is 1. The van der Waals surface area contributed by atoms with Crippen LogP contribution in [0.2, 0.25) is 5.02 Å². The van der Waals surface area contributed by atoms with Crippen LogP contribution >= 0.6 is 34.7 Å². The third kappa shape index (κ3) is 3.24. The summed E-state index contributed by atoms with van der Waals surface area (Å²) in [7, 11) is 0. The summed E-state index contributed by atoms with van der Waals surface area (Å²) in [5, 5.41) is 12.9. The van der Waals surface area contributed by atoms with Crippen molar-refractivity contribution in [2.75, 3.05) is 16.9 Å². The van der Waals surface area contributed by atoms with Crippen molar-refractivity contribution in [3.8, 4) is 0 Å². The molecule has 17 heavy (non-hydrogen) atoms. The number of benzene rings is 1. The van der Waals surface area contributed by atoms with Gasteiger partial charge < -0.3 is 10.4 Å². The Morgan fingerprint density at radius 3 is 3.12 bits per heavy atom. The molecule has 0 aliphatic rings. The topological polar surface area (TPSA) is 62.2 Å². The molecular weight excluding hydrogens is 280 g/mol. The van der Waals surface area contributed by atoms with Crippen LogP contribution in [-0.2, 0) is 4.79 Å². The van der Waals surface area contributed by atoms with Crippen molar-refractivity contribution in [1.82, 2.24) is 4.98 Å². The summed E-state index contributed by atoms with van der Waals surface area (Å²) < 4.78 is 1.02. The van der Waals surface area contributed by atoms with Gasteiger partial charge in [-0.3, -0.25) is 4.79 Å². The Hall–Kier alpha value is -0.980. The molecule has 0 saturated heterocycles. The highest BCUT2D eigenvalue weighted by atomic mass is 35.5. The maximum atomic E-state index is 10.3. The number of para-hydroxylation sites is 1. The number of hydrogen-bond donors (Lipinski definition) is 2. The van der Waals surface area contributed by atoms with E-state index in [9.17, 15) is 4.79 Å². The quantitative estimate of drug-likeness (QED) is 0.654. The van der Waals surface area contributed by atoms with Gasteiger partial charge in [-0.15, -0.1) is 11.8 Å². The van der Waals surface area contributed by atoms with Gasteiger partial charge in [0.2, 0.25) is 0 Å². The number of nitrogens with zero attached hydrogens (tertiary/aromatic N) is 1. The van der Waals surface area contributed by atoms with E-state index in [2.05, 4.69) is 10.3 Å². The van der Waals surface area contributed by atoms with E-state index >= 15 is 0 Å². The van der Waals surface area contributed by atoms with Crippen molar-refractivity contribution in [1.29, 1.82) is 0 Å². The van der Waals surface area contributed by atoms with Gasteiger partial charge in [0.1, 0.15) is 5.52 Å². The standard InChI is InChI=1S/C10H9ClN2O2S2/c11-6-2-1-3-7-9(6)13-10(17-7)12-5-16-4-8(14)15/h1-3H,4-5H2,(H,12,13)(H,14,15). The molecule has 1 aromatic carbocycles. The minimum Gasteiger partial charge on any atom is -0.481 e. The average molecular weight is 289 g/mol. The minimum absolute atomic E-state index is 0.0820. The molecule has 7 heteroatoms. The number of nitrogens with one attached hydrogen (secondary N) is 1. The third-order valence-corrected chi connectivity index (χ3v) is 4.00. The Morgan fingerprint density at radius 1 is 1.59 bits per heavy atom. The molecule has 0 atom stereocenters. The molecule has 2 N–H and O–H groups in total. The molecule has 2 aromatic rings. The number of carbonyl (C=O) groups is 1. The summed E-state index contributed by atoms with van der Waals surface area (Å²) in [6.45, 7) is 0. The lowest BCUT2D eigenvalue weighted by molar-refractivity contribution is -0.133. The molecule has 0 amide bonds. The number of hydrogen-bond acceptors (Lipinski definition) is 5. The van der Waals surface area contributed by atoms with Gasteiger partial charge in [0.15, 0.2) is 5.13 Å². The molecule has 0 aliphatic carbocycles. The normalized spacial score (nSPS) is 10.6. The average Bonchev–Trinajstić information content (AvgIpc) is 2.69. The number of aromatic nitrogens is 1. The lowest BCUT2D eigenvalue weighted by atomic mass is 10.3. The maximum absolute atomic E-state index is 10.3. The summed E-state index contributed by atoms with van der Waals surface area (Å²) in [5.74, 6) is -0.216. The number of carboxylic acid groups (broad SMARTS) is 1. The minimum atomic E-state index is -0.816. The Labute approximate surface area is 111 Å². The Balaban J connectivity index is 2.00. The summed E-state index contributed by atoms with van der Waals surface area (Å²) in [6.07, 6.45) is 0. The first-order chi connectivity index (χ1) is 8.16. The number of carboxylic acids is 1. The van der Waals surface area contributed by atoms with E-state index < -0.39 is 5.97 Å². The van der Waals surface area contributed by atoms with Gasteiger partial charge in [-0.05, 0) is 12.1 Å². The zero-order valence-electron chi connectivity index (χ0n) is 8.64. The molecule has 0 spiro atoms. The van der Waals surface area contributed by atoms with E-state index in [0.29, 0.717) is 10.9 Å². The van der Waals surface area contributed by atoms with E-state index in [4.69, 9.17) is 16.7 Å². The molecule has 0 aliphatic heterocycles. The van der Waals surface area contributed by atoms with Crippen molar-refractivity contribution in [3.63, 3.8) is 0 Å². The molecule has 2 rings (SSSR count). The summed E-state index contributed by atoms with van der Waals surface area (Å²) in [5.41, 5.74) is 0.782. The lowest BCUT2D eigenvalue weighted by Gasteiger charge is -1.99. The van der Waals surface area contributed by atoms with Gasteiger partial charge in [0.25, 0.3) is 0 Å². The van der Waals surface area contributed by atoms with Gasteiger partial charge in [0, 0.05) is 0 Å². The van der Waals surface area contributed by atoms with Gasteiger partial charge in [-0.2, -0.15) is 0 Å². The highest BCUT2D eigenvalue weighted by molar-refractivity contribution is 8.00. The van der Waals surface area contributed by atoms with Crippen LogP contribution in [0.4, 0.5) is 5.13 Å². The fourth-order valence-electron chi connectivity index (χ4n) is 1.24. The first-order valence-corrected chi connectivity index (χ1v) is 7.10. The van der Waals surface area contributed by atoms with Crippen LogP contribution in [0.1, 0.15) is 0 Å². The van der Waals surface area contributed by atoms with Crippen LogP contribution in [0.3, 0.4) is 0 Å². The van der Waals surface area contributed by atoms with Gasteiger partial charge in [0.05, 0.1) is 21.4 Å². The first-order valence-electron chi connectivity index (χ1n) is 4.75. The first kappa shape index (κ1) is 12.5. The summed E-state index contributed by atoms with van der Waals surface area (Å²) in [4.78, 5) is 14.7. The molecular formula is C10H9ClN2O2S2. The van der Waals surface area contributed by atoms with Crippen molar-refractivity contribution < 1.29 is 9.90 Å². The summed E-state index contributed by atoms with van der Waals surface area (Å²) in [6, 6.07) is 5.63. The fourth-order valence-corrected chi connectivity index (χ4v) is 3.01. The van der Waals surface area contributed by atoms with E-state index in [1.807, 2.05) is 12.1 Å². The number of anilines is 1. The summed E-state index contributed by atoms with van der Waals surface area (Å²) >= 11 is 8.80. The number of rotatable bonds is 5. The number of thioether (sulfide) groups is 1. The maximum Gasteiger partial charge on any atom is 0.313 e. The molecule has 0 bridgehead atoms. The Morgan fingerprint density at radius 2 is 2.41 bits per heavy atom. The van der Waals surface area contributed by atoms with Gasteiger partial charge in [-0.1, -0.05) is 29.0 Å². The van der Waals surface area contributed by atoms with Crippen molar-refractivity contribution >= 4 is 56.0 Å². The van der Waals surface area contributed by atoms with Crippen molar-refractivity contribution in [2.45, 2.75) is 0 Å². The number of thiazole rings is 1. The molecule has 4 nitrogen and oxygen atoms in total. The zero-order valence-corrected chi connectivity index (χ0v) is 11.0. The SMILES string of the molecule is O=C(O)CSCNc1nc2c(Cl)cccc2s1. The number of fused-ring (bicyclic) bond motifs is 1. The second-order valence-electron chi connectivity index (χ2n) is 3.17. The van der Waals surface area contributed by atoms with E-state index in [0.717, 1.165) is 15.3 Å². The monoisotopic (exact) mass is 288 g/mol. The van der Waals surface area contributed by atoms with E-state index in [-0.39, 0.29) is 5.75 Å². The van der Waals surface area contributed by atoms with Gasteiger partial charge in [-0.25, -0.2) is 4.98 Å². The molecule has 0 radical (unpaired) electrons. The van der Waals surface area contributed by atoms with Crippen LogP contribution in [0, 0.1) is 0 Å². The van der Waals surface area contributed by atoms with Crippen LogP contribution in [0.15, 0.2) is 18.2 Å². The van der Waals surface area contributed by atoms with Gasteiger partial charge >= 0.3 is 5.97 Å². The molecule has 1 heterocycles. The zero-order chi connectivity index (χ0) is 12.3. The highest BCUT2D eigenvalue weighted by Crippen LogP contribution is 2.30. The Bertz CT molecular complexity index is 544. The van der Waals surface area contributed by atoms with Crippen LogP contribution in [0.5, 0.6) is 0 Å². The smallest absolute Gasteiger partial charge is 0.313 e. The largest absolute Gasteiger partial charge is 0.481 e.